The van der Waals surface area contributed by atoms with Gasteiger partial charge in [-0.2, -0.15) is 0 Å². The maximum atomic E-state index is 11.6. The number of ether oxygens (including phenoxy) is 1. The van der Waals surface area contributed by atoms with E-state index in [-0.39, 0.29) is 17.4 Å². The van der Waals surface area contributed by atoms with E-state index >= 15 is 0 Å². The summed E-state index contributed by atoms with van der Waals surface area (Å²) in [5.41, 5.74) is 0.161. The first kappa shape index (κ1) is 15.4. The molecule has 0 aromatic heterocycles. The minimum atomic E-state index is 0.0725. The van der Waals surface area contributed by atoms with Crippen molar-refractivity contribution in [2.75, 3.05) is 13.2 Å². The normalized spacial score (nSPS) is 31.2. The summed E-state index contributed by atoms with van der Waals surface area (Å²) in [6, 6.07) is 0.589. The van der Waals surface area contributed by atoms with Crippen molar-refractivity contribution in [3.63, 3.8) is 0 Å². The molecule has 1 aliphatic carbocycles. The molecule has 4 nitrogen and oxygen atoms in total. The van der Waals surface area contributed by atoms with Crippen molar-refractivity contribution in [1.82, 2.24) is 10.6 Å². The van der Waals surface area contributed by atoms with Gasteiger partial charge in [0.1, 0.15) is 0 Å². The molecule has 0 radical (unpaired) electrons. The Morgan fingerprint density at radius 1 is 1.44 bits per heavy atom. The molecule has 0 spiro atoms. The third-order valence-corrected chi connectivity index (χ3v) is 4.07. The molecule has 0 heterocycles. The molecule has 1 amide bonds. The molecule has 2 N–H and O–H groups in total. The molecule has 4 heteroatoms. The second-order valence-electron chi connectivity index (χ2n) is 5.69. The number of hydrogen-bond donors (Lipinski definition) is 2. The zero-order valence-electron chi connectivity index (χ0n) is 12.4. The van der Waals surface area contributed by atoms with Crippen LogP contribution in [-0.4, -0.2) is 37.2 Å². The van der Waals surface area contributed by atoms with Crippen LogP contribution in [0, 0.1) is 5.41 Å². The zero-order valence-corrected chi connectivity index (χ0v) is 12.4. The van der Waals surface area contributed by atoms with Gasteiger partial charge in [-0.25, -0.2) is 0 Å². The molecule has 106 valence electrons. The molecule has 1 aliphatic rings. The second kappa shape index (κ2) is 6.53. The summed E-state index contributed by atoms with van der Waals surface area (Å²) in [6.07, 6.45) is 2.41. The first-order valence-corrected chi connectivity index (χ1v) is 7.08. The van der Waals surface area contributed by atoms with E-state index in [4.69, 9.17) is 4.74 Å². The summed E-state index contributed by atoms with van der Waals surface area (Å²) in [7, 11) is 0. The third-order valence-electron chi connectivity index (χ3n) is 4.07. The summed E-state index contributed by atoms with van der Waals surface area (Å²) < 4.78 is 5.75. The Kier molecular flexibility index (Phi) is 5.60. The smallest absolute Gasteiger partial charge is 0.234 e. The Balaban J connectivity index is 2.38. The van der Waals surface area contributed by atoms with Gasteiger partial charge in [0.25, 0.3) is 0 Å². The van der Waals surface area contributed by atoms with Gasteiger partial charge in [0, 0.05) is 24.1 Å². The van der Waals surface area contributed by atoms with Crippen molar-refractivity contribution in [2.45, 2.75) is 65.6 Å². The van der Waals surface area contributed by atoms with Crippen LogP contribution in [-0.2, 0) is 9.53 Å². The van der Waals surface area contributed by atoms with Gasteiger partial charge in [0.2, 0.25) is 5.91 Å². The molecule has 0 aliphatic heterocycles. The van der Waals surface area contributed by atoms with E-state index in [0.717, 1.165) is 19.4 Å². The van der Waals surface area contributed by atoms with Crippen LogP contribution in [0.1, 0.15) is 47.5 Å². The van der Waals surface area contributed by atoms with E-state index in [2.05, 4.69) is 24.5 Å². The fraction of sp³-hybridized carbons (Fsp3) is 0.929. The number of nitrogens with one attached hydrogen (secondary N) is 2. The Bertz CT molecular complexity index is 281. The Morgan fingerprint density at radius 2 is 2.11 bits per heavy atom. The Hall–Kier alpha value is -0.610. The Labute approximate surface area is 111 Å². The molecular formula is C14H28N2O2. The average molecular weight is 256 g/mol. The van der Waals surface area contributed by atoms with Gasteiger partial charge in [-0.3, -0.25) is 4.79 Å². The highest BCUT2D eigenvalue weighted by Gasteiger charge is 2.50. The molecule has 3 unspecified atom stereocenters. The maximum Gasteiger partial charge on any atom is 0.234 e. The van der Waals surface area contributed by atoms with Gasteiger partial charge in [-0.05, 0) is 33.6 Å². The van der Waals surface area contributed by atoms with Crippen molar-refractivity contribution in [3.8, 4) is 0 Å². The molecule has 0 aromatic carbocycles. The lowest BCUT2D eigenvalue weighted by Gasteiger charge is -2.53. The van der Waals surface area contributed by atoms with Crippen molar-refractivity contribution in [3.05, 3.63) is 0 Å². The number of amides is 1. The van der Waals surface area contributed by atoms with Crippen LogP contribution in [0.2, 0.25) is 0 Å². The van der Waals surface area contributed by atoms with E-state index in [9.17, 15) is 4.79 Å². The number of hydrogen-bond acceptors (Lipinski definition) is 3. The number of carbonyl (C=O) groups excluding carboxylic acids is 1. The molecule has 1 saturated carbocycles. The van der Waals surface area contributed by atoms with Crippen molar-refractivity contribution < 1.29 is 9.53 Å². The van der Waals surface area contributed by atoms with E-state index in [1.807, 2.05) is 20.8 Å². The first-order valence-electron chi connectivity index (χ1n) is 7.08. The summed E-state index contributed by atoms with van der Waals surface area (Å²) in [4.78, 5) is 11.6. The standard InChI is InChI=1S/C14H28N2O2/c1-6-14(5)11(8-12(14)18-7-2)15-9-13(17)16-10(3)4/h10-12,15H,6-9H2,1-5H3,(H,16,17). The van der Waals surface area contributed by atoms with Crippen molar-refractivity contribution in [2.24, 2.45) is 5.41 Å². The molecular weight excluding hydrogens is 228 g/mol. The fourth-order valence-electron chi connectivity index (χ4n) is 2.66. The van der Waals surface area contributed by atoms with Crippen LogP contribution in [0.4, 0.5) is 0 Å². The Morgan fingerprint density at radius 3 is 2.61 bits per heavy atom. The van der Waals surface area contributed by atoms with Gasteiger partial charge < -0.3 is 15.4 Å². The highest BCUT2D eigenvalue weighted by atomic mass is 16.5. The summed E-state index contributed by atoms with van der Waals surface area (Å²) in [5.74, 6) is 0.0725. The monoisotopic (exact) mass is 256 g/mol. The van der Waals surface area contributed by atoms with Crippen molar-refractivity contribution >= 4 is 5.91 Å². The molecule has 0 aromatic rings. The van der Waals surface area contributed by atoms with Crippen molar-refractivity contribution in [1.29, 1.82) is 0 Å². The van der Waals surface area contributed by atoms with E-state index in [1.54, 1.807) is 0 Å². The topological polar surface area (TPSA) is 50.4 Å². The molecule has 3 atom stereocenters. The van der Waals surface area contributed by atoms with E-state index in [1.165, 1.54) is 0 Å². The predicted octanol–water partition coefficient (Wildman–Crippen LogP) is 1.69. The zero-order chi connectivity index (χ0) is 13.8. The molecule has 1 rings (SSSR count). The summed E-state index contributed by atoms with van der Waals surface area (Å²) in [6.45, 7) is 11.6. The lowest BCUT2D eigenvalue weighted by molar-refractivity contribution is -0.131. The van der Waals surface area contributed by atoms with Crippen LogP contribution in [0.3, 0.4) is 0 Å². The predicted molar refractivity (Wildman–Crippen MR) is 73.5 cm³/mol. The SMILES string of the molecule is CCOC1CC(NCC(=O)NC(C)C)C1(C)CC. The minimum Gasteiger partial charge on any atom is -0.378 e. The molecule has 18 heavy (non-hydrogen) atoms. The quantitative estimate of drug-likeness (QED) is 0.729. The van der Waals surface area contributed by atoms with Crippen LogP contribution in [0.5, 0.6) is 0 Å². The lowest BCUT2D eigenvalue weighted by Crippen LogP contribution is -2.63. The minimum absolute atomic E-state index is 0.0725. The van der Waals surface area contributed by atoms with E-state index < -0.39 is 0 Å². The van der Waals surface area contributed by atoms with Crippen LogP contribution in [0.25, 0.3) is 0 Å². The van der Waals surface area contributed by atoms with E-state index in [0.29, 0.717) is 18.7 Å². The highest BCUT2D eigenvalue weighted by Crippen LogP contribution is 2.45. The maximum absolute atomic E-state index is 11.6. The second-order valence-corrected chi connectivity index (χ2v) is 5.69. The van der Waals surface area contributed by atoms with Gasteiger partial charge in [-0.1, -0.05) is 13.8 Å². The highest BCUT2D eigenvalue weighted by molar-refractivity contribution is 5.78. The van der Waals surface area contributed by atoms with Crippen LogP contribution >= 0.6 is 0 Å². The number of carbonyl (C=O) groups is 1. The first-order chi connectivity index (χ1) is 8.43. The largest absolute Gasteiger partial charge is 0.378 e. The van der Waals surface area contributed by atoms with Gasteiger partial charge in [-0.15, -0.1) is 0 Å². The molecule has 1 fully saturated rings. The molecule has 0 saturated heterocycles. The third kappa shape index (κ3) is 3.45. The molecule has 0 bridgehead atoms. The van der Waals surface area contributed by atoms with Crippen LogP contribution in [0.15, 0.2) is 0 Å². The number of rotatable bonds is 7. The summed E-state index contributed by atoms with van der Waals surface area (Å²) in [5, 5.41) is 6.26. The van der Waals surface area contributed by atoms with Gasteiger partial charge in [0.15, 0.2) is 0 Å². The lowest BCUT2D eigenvalue weighted by atomic mass is 9.61. The average Bonchev–Trinajstić information content (AvgIpc) is 2.30. The van der Waals surface area contributed by atoms with Gasteiger partial charge in [0.05, 0.1) is 12.6 Å². The van der Waals surface area contributed by atoms with Gasteiger partial charge >= 0.3 is 0 Å². The fourth-order valence-corrected chi connectivity index (χ4v) is 2.66. The van der Waals surface area contributed by atoms with Crippen LogP contribution < -0.4 is 10.6 Å². The summed E-state index contributed by atoms with van der Waals surface area (Å²) >= 11 is 0.